The fraction of sp³-hybridized carbons (Fsp3) is 0.111. The molecule has 0 saturated carbocycles. The van der Waals surface area contributed by atoms with Crippen molar-refractivity contribution in [3.63, 3.8) is 0 Å². The minimum absolute atomic E-state index is 0.164. The Morgan fingerprint density at radius 2 is 2.00 bits per heavy atom. The minimum Gasteiger partial charge on any atom is -0.487 e. The Hall–Kier alpha value is -2.94. The maximum atomic E-state index is 13.3. The largest absolute Gasteiger partial charge is 0.487 e. The highest BCUT2D eigenvalue weighted by Gasteiger charge is 2.34. The molecule has 4 nitrogen and oxygen atoms in total. The quantitative estimate of drug-likeness (QED) is 0.608. The van der Waals surface area contributed by atoms with E-state index in [4.69, 9.17) is 4.74 Å². The van der Waals surface area contributed by atoms with Crippen molar-refractivity contribution in [2.75, 3.05) is 5.32 Å². The lowest BCUT2D eigenvalue weighted by Gasteiger charge is -2.11. The van der Waals surface area contributed by atoms with Crippen LogP contribution in [0, 0.1) is 5.82 Å². The summed E-state index contributed by atoms with van der Waals surface area (Å²) in [5.41, 5.74) is 0.980. The van der Waals surface area contributed by atoms with E-state index in [2.05, 4.69) is 10.3 Å². The molecule has 3 rings (SSSR count). The van der Waals surface area contributed by atoms with Gasteiger partial charge >= 0.3 is 6.18 Å². The fourth-order valence-electron chi connectivity index (χ4n) is 2.22. The number of aromatic nitrogens is 1. The van der Waals surface area contributed by atoms with Crippen LogP contribution in [-0.4, -0.2) is 10.9 Å². The number of carbonyl (C=O) groups is 1. The van der Waals surface area contributed by atoms with Gasteiger partial charge in [-0.3, -0.25) is 4.79 Å². The van der Waals surface area contributed by atoms with Crippen molar-refractivity contribution in [2.45, 2.75) is 12.8 Å². The van der Waals surface area contributed by atoms with Crippen LogP contribution in [0.3, 0.4) is 0 Å². The Morgan fingerprint density at radius 3 is 2.70 bits per heavy atom. The summed E-state index contributed by atoms with van der Waals surface area (Å²) >= 11 is 1.43. The standard InChI is InChI=1S/C18H12F4N2O2S/c19-16-5-4-12(7-15(16)18(20,21)22)24-17(25)11-2-1-3-14(6-11)26-8-13-9-27-10-23-13/h1-7,9-10H,8H2,(H,24,25). The van der Waals surface area contributed by atoms with Gasteiger partial charge in [-0.05, 0) is 36.4 Å². The number of rotatable bonds is 5. The molecule has 0 saturated heterocycles. The number of nitrogens with one attached hydrogen (secondary N) is 1. The molecule has 1 heterocycles. The van der Waals surface area contributed by atoms with E-state index in [1.807, 2.05) is 5.38 Å². The van der Waals surface area contributed by atoms with E-state index in [-0.39, 0.29) is 17.9 Å². The van der Waals surface area contributed by atoms with Crippen LogP contribution in [0.2, 0.25) is 0 Å². The normalized spacial score (nSPS) is 11.3. The smallest absolute Gasteiger partial charge is 0.419 e. The van der Waals surface area contributed by atoms with E-state index in [0.717, 1.165) is 11.8 Å². The molecular weight excluding hydrogens is 384 g/mol. The average molecular weight is 396 g/mol. The SMILES string of the molecule is O=C(Nc1ccc(F)c(C(F)(F)F)c1)c1cccc(OCc2cscn2)c1. The summed E-state index contributed by atoms with van der Waals surface area (Å²) in [6.45, 7) is 0.224. The maximum absolute atomic E-state index is 13.3. The van der Waals surface area contributed by atoms with Crippen LogP contribution in [0.25, 0.3) is 0 Å². The molecule has 0 aliphatic heterocycles. The average Bonchev–Trinajstić information content (AvgIpc) is 3.14. The molecule has 0 aliphatic carbocycles. The number of anilines is 1. The fourth-order valence-corrected chi connectivity index (χ4v) is 2.76. The van der Waals surface area contributed by atoms with E-state index in [1.165, 1.54) is 23.5 Å². The zero-order chi connectivity index (χ0) is 19.4. The molecule has 27 heavy (non-hydrogen) atoms. The Labute approximate surface area is 155 Å². The molecule has 0 bridgehead atoms. The molecule has 2 aromatic carbocycles. The second kappa shape index (κ2) is 7.75. The monoisotopic (exact) mass is 396 g/mol. The zero-order valence-corrected chi connectivity index (χ0v) is 14.4. The van der Waals surface area contributed by atoms with E-state index in [1.54, 1.807) is 17.6 Å². The molecule has 0 fully saturated rings. The van der Waals surface area contributed by atoms with E-state index in [0.29, 0.717) is 17.9 Å². The third-order valence-corrected chi connectivity index (χ3v) is 4.13. The molecular formula is C18H12F4N2O2S. The molecule has 9 heteroatoms. The molecule has 1 amide bonds. The van der Waals surface area contributed by atoms with E-state index < -0.39 is 23.5 Å². The highest BCUT2D eigenvalue weighted by Crippen LogP contribution is 2.33. The Bertz CT molecular complexity index is 943. The van der Waals surface area contributed by atoms with Gasteiger partial charge in [-0.1, -0.05) is 6.07 Å². The molecule has 140 valence electrons. The lowest BCUT2D eigenvalue weighted by Crippen LogP contribution is -2.14. The zero-order valence-electron chi connectivity index (χ0n) is 13.6. The summed E-state index contributed by atoms with van der Waals surface area (Å²) < 4.78 is 57.2. The first-order chi connectivity index (χ1) is 12.8. The predicted molar refractivity (Wildman–Crippen MR) is 92.2 cm³/mol. The number of alkyl halides is 3. The number of amides is 1. The summed E-state index contributed by atoms with van der Waals surface area (Å²) in [6.07, 6.45) is -4.85. The minimum atomic E-state index is -4.85. The van der Waals surface area contributed by atoms with Gasteiger partial charge in [0.2, 0.25) is 0 Å². The van der Waals surface area contributed by atoms with E-state index in [9.17, 15) is 22.4 Å². The first kappa shape index (κ1) is 18.8. The van der Waals surface area contributed by atoms with Crippen LogP contribution in [0.5, 0.6) is 5.75 Å². The summed E-state index contributed by atoms with van der Waals surface area (Å²) in [7, 11) is 0. The van der Waals surface area contributed by atoms with Crippen molar-refractivity contribution in [2.24, 2.45) is 0 Å². The topological polar surface area (TPSA) is 51.2 Å². The first-order valence-electron chi connectivity index (χ1n) is 7.61. The van der Waals surface area contributed by atoms with Crippen LogP contribution < -0.4 is 10.1 Å². The van der Waals surface area contributed by atoms with Crippen molar-refractivity contribution in [1.29, 1.82) is 0 Å². The third-order valence-electron chi connectivity index (χ3n) is 3.50. The van der Waals surface area contributed by atoms with Crippen molar-refractivity contribution in [3.05, 3.63) is 76.0 Å². The van der Waals surface area contributed by atoms with Gasteiger partial charge in [0.05, 0.1) is 16.8 Å². The number of hydrogen-bond acceptors (Lipinski definition) is 4. The Morgan fingerprint density at radius 1 is 1.19 bits per heavy atom. The van der Waals surface area contributed by atoms with Crippen molar-refractivity contribution in [3.8, 4) is 5.75 Å². The number of thiazole rings is 1. The number of benzene rings is 2. The van der Waals surface area contributed by atoms with Crippen LogP contribution in [0.15, 0.2) is 53.4 Å². The second-order valence-corrected chi connectivity index (χ2v) is 6.16. The van der Waals surface area contributed by atoms with Crippen LogP contribution in [0.4, 0.5) is 23.2 Å². The van der Waals surface area contributed by atoms with Gasteiger partial charge in [0.1, 0.15) is 18.2 Å². The molecule has 1 aromatic heterocycles. The van der Waals surface area contributed by atoms with Gasteiger partial charge < -0.3 is 10.1 Å². The van der Waals surface area contributed by atoms with Crippen LogP contribution in [0.1, 0.15) is 21.6 Å². The molecule has 0 atom stereocenters. The number of carbonyl (C=O) groups excluding carboxylic acids is 1. The number of ether oxygens (including phenoxy) is 1. The third kappa shape index (κ3) is 4.82. The summed E-state index contributed by atoms with van der Waals surface area (Å²) in [5.74, 6) is -1.64. The molecule has 0 unspecified atom stereocenters. The highest BCUT2D eigenvalue weighted by molar-refractivity contribution is 7.07. The Balaban J connectivity index is 1.72. The molecule has 1 N–H and O–H groups in total. The van der Waals surface area contributed by atoms with Crippen molar-refractivity contribution < 1.29 is 27.1 Å². The lowest BCUT2D eigenvalue weighted by atomic mass is 10.1. The van der Waals surface area contributed by atoms with Crippen molar-refractivity contribution >= 4 is 22.9 Å². The number of hydrogen-bond donors (Lipinski definition) is 1. The Kier molecular flexibility index (Phi) is 5.41. The van der Waals surface area contributed by atoms with Gasteiger partial charge in [0.15, 0.2) is 0 Å². The molecule has 0 aliphatic rings. The number of nitrogens with zero attached hydrogens (tertiary/aromatic N) is 1. The molecule has 0 spiro atoms. The molecule has 0 radical (unpaired) electrons. The van der Waals surface area contributed by atoms with Gasteiger partial charge in [-0.25, -0.2) is 9.37 Å². The van der Waals surface area contributed by atoms with Gasteiger partial charge in [0.25, 0.3) is 5.91 Å². The summed E-state index contributed by atoms with van der Waals surface area (Å²) in [4.78, 5) is 16.4. The summed E-state index contributed by atoms with van der Waals surface area (Å²) in [5, 5.41) is 4.15. The lowest BCUT2D eigenvalue weighted by molar-refractivity contribution is -0.139. The van der Waals surface area contributed by atoms with Crippen molar-refractivity contribution in [1.82, 2.24) is 4.98 Å². The van der Waals surface area contributed by atoms with Gasteiger partial charge in [-0.15, -0.1) is 11.3 Å². The predicted octanol–water partition coefficient (Wildman–Crippen LogP) is 5.13. The molecule has 3 aromatic rings. The van der Waals surface area contributed by atoms with Gasteiger partial charge in [0, 0.05) is 16.6 Å². The van der Waals surface area contributed by atoms with Gasteiger partial charge in [-0.2, -0.15) is 13.2 Å². The maximum Gasteiger partial charge on any atom is 0.419 e. The second-order valence-electron chi connectivity index (χ2n) is 5.44. The van der Waals surface area contributed by atoms with E-state index >= 15 is 0 Å². The first-order valence-corrected chi connectivity index (χ1v) is 8.55. The van der Waals surface area contributed by atoms with Crippen LogP contribution in [-0.2, 0) is 12.8 Å². The van der Waals surface area contributed by atoms with Crippen LogP contribution >= 0.6 is 11.3 Å². The number of halogens is 4. The summed E-state index contributed by atoms with van der Waals surface area (Å²) in [6, 6.07) is 8.43. The highest BCUT2D eigenvalue weighted by atomic mass is 32.1.